The molecule has 3 unspecified atom stereocenters. The van der Waals surface area contributed by atoms with Gasteiger partial charge >= 0.3 is 5.97 Å². The number of allylic oxidation sites excluding steroid dienone is 2. The zero-order chi connectivity index (χ0) is 25.7. The highest BCUT2D eigenvalue weighted by molar-refractivity contribution is 5.94. The minimum atomic E-state index is -0.999. The Balaban J connectivity index is 1.33. The topological polar surface area (TPSA) is 88.5 Å². The van der Waals surface area contributed by atoms with Gasteiger partial charge in [-0.2, -0.15) is 0 Å². The molecule has 0 bridgehead atoms. The first-order valence-electron chi connectivity index (χ1n) is 13.0. The second-order valence-corrected chi connectivity index (χ2v) is 11.6. The second-order valence-electron chi connectivity index (χ2n) is 11.6. The number of aryl methyl sites for hydroxylation is 1. The molecule has 2 aromatic rings. The van der Waals surface area contributed by atoms with Crippen molar-refractivity contribution >= 4 is 17.4 Å². The van der Waals surface area contributed by atoms with Gasteiger partial charge in [0.2, 0.25) is 0 Å². The van der Waals surface area contributed by atoms with Crippen LogP contribution in [-0.4, -0.2) is 35.6 Å². The molecule has 3 aliphatic rings. The van der Waals surface area contributed by atoms with Gasteiger partial charge < -0.3 is 15.2 Å². The highest BCUT2D eigenvalue weighted by Gasteiger charge is 2.52. The zero-order valence-corrected chi connectivity index (χ0v) is 21.6. The Morgan fingerprint density at radius 1 is 1.22 bits per heavy atom. The number of rotatable bonds is 6. The van der Waals surface area contributed by atoms with E-state index in [4.69, 9.17) is 4.74 Å². The van der Waals surface area contributed by atoms with Crippen molar-refractivity contribution in [2.24, 2.45) is 22.7 Å². The van der Waals surface area contributed by atoms with E-state index < -0.39 is 11.4 Å². The van der Waals surface area contributed by atoms with E-state index >= 15 is 0 Å². The van der Waals surface area contributed by atoms with E-state index in [9.17, 15) is 14.7 Å². The van der Waals surface area contributed by atoms with Crippen LogP contribution in [0.4, 0.5) is 0 Å². The van der Waals surface area contributed by atoms with Crippen molar-refractivity contribution in [1.29, 1.82) is 0 Å². The fourth-order valence-corrected chi connectivity index (χ4v) is 6.90. The van der Waals surface area contributed by atoms with Crippen LogP contribution in [0.25, 0.3) is 5.57 Å². The molecule has 4 atom stereocenters. The van der Waals surface area contributed by atoms with Crippen LogP contribution in [0.3, 0.4) is 0 Å². The summed E-state index contributed by atoms with van der Waals surface area (Å²) in [5.41, 5.74) is 5.02. The molecule has 2 N–H and O–H groups in total. The van der Waals surface area contributed by atoms with E-state index in [0.717, 1.165) is 37.9 Å². The molecule has 5 rings (SSSR count). The van der Waals surface area contributed by atoms with Gasteiger partial charge in [0, 0.05) is 18.3 Å². The molecule has 3 aliphatic carbocycles. The number of hydrogen-bond acceptors (Lipinski definition) is 4. The van der Waals surface area contributed by atoms with E-state index in [2.05, 4.69) is 35.4 Å². The number of fused-ring (bicyclic) bond motifs is 5. The van der Waals surface area contributed by atoms with E-state index in [1.165, 1.54) is 22.3 Å². The van der Waals surface area contributed by atoms with Gasteiger partial charge in [-0.25, -0.2) is 0 Å². The molecule has 0 saturated heterocycles. The quantitative estimate of drug-likeness (QED) is 0.562. The van der Waals surface area contributed by atoms with E-state index in [1.54, 1.807) is 27.2 Å². The average Bonchev–Trinajstić information content (AvgIpc) is 3.24. The molecule has 1 fully saturated rings. The van der Waals surface area contributed by atoms with Crippen molar-refractivity contribution in [3.05, 3.63) is 65.0 Å². The molecular formula is C30H36N2O4. The standard InChI is InChI=1S/C30H36N2O4/c1-29(2,28(34)35)17-32-27(33)19-6-7-22-18(13-19)5-8-24-23(22)11-12-30(3)25(9-10-26(24)30)20-14-21(36-4)16-31-15-20/h6-7,9,13-16,23-24,26H,5,8,10-12,17H2,1-4H3,(H,32,33)(H,34,35)/t23?,24?,26?,30-/m1/s1. The lowest BCUT2D eigenvalue weighted by molar-refractivity contribution is -0.146. The van der Waals surface area contributed by atoms with Crippen molar-refractivity contribution < 1.29 is 19.4 Å². The van der Waals surface area contributed by atoms with Crippen LogP contribution in [0.15, 0.2) is 42.7 Å². The van der Waals surface area contributed by atoms with Gasteiger partial charge in [-0.15, -0.1) is 0 Å². The molecule has 1 aromatic heterocycles. The van der Waals surface area contributed by atoms with Crippen LogP contribution in [0.5, 0.6) is 5.75 Å². The number of hydrogen-bond donors (Lipinski definition) is 2. The number of benzene rings is 1. The molecule has 0 radical (unpaired) electrons. The number of carbonyl (C=O) groups is 2. The van der Waals surface area contributed by atoms with Gasteiger partial charge in [-0.1, -0.05) is 19.1 Å². The first kappa shape index (κ1) is 24.5. The maximum absolute atomic E-state index is 12.8. The lowest BCUT2D eigenvalue weighted by atomic mass is 9.54. The van der Waals surface area contributed by atoms with Crippen molar-refractivity contribution in [1.82, 2.24) is 10.3 Å². The Kier molecular flexibility index (Phi) is 6.17. The first-order chi connectivity index (χ1) is 17.1. The number of pyridine rings is 1. The van der Waals surface area contributed by atoms with Gasteiger partial charge in [0.25, 0.3) is 5.91 Å². The molecule has 0 aliphatic heterocycles. The van der Waals surface area contributed by atoms with Crippen LogP contribution < -0.4 is 10.1 Å². The first-order valence-corrected chi connectivity index (χ1v) is 13.0. The summed E-state index contributed by atoms with van der Waals surface area (Å²) in [6, 6.07) is 8.21. The van der Waals surface area contributed by atoms with Gasteiger partial charge in [0.1, 0.15) is 5.75 Å². The smallest absolute Gasteiger partial charge is 0.310 e. The van der Waals surface area contributed by atoms with Crippen LogP contribution in [-0.2, 0) is 11.2 Å². The van der Waals surface area contributed by atoms with Crippen LogP contribution in [0.1, 0.15) is 79.4 Å². The normalized spacial score (nSPS) is 26.8. The number of aliphatic carboxylic acids is 1. The predicted molar refractivity (Wildman–Crippen MR) is 139 cm³/mol. The largest absolute Gasteiger partial charge is 0.495 e. The lowest BCUT2D eigenvalue weighted by Crippen LogP contribution is -2.41. The fourth-order valence-electron chi connectivity index (χ4n) is 6.90. The molecule has 6 nitrogen and oxygen atoms in total. The summed E-state index contributed by atoms with van der Waals surface area (Å²) in [7, 11) is 1.69. The van der Waals surface area contributed by atoms with E-state index in [1.807, 2.05) is 18.3 Å². The summed E-state index contributed by atoms with van der Waals surface area (Å²) in [5.74, 6) is 1.42. The number of carbonyl (C=O) groups excluding carboxylic acids is 1. The van der Waals surface area contributed by atoms with Gasteiger partial charge in [-0.3, -0.25) is 14.6 Å². The van der Waals surface area contributed by atoms with Gasteiger partial charge in [0.15, 0.2) is 0 Å². The number of methoxy groups -OCH3 is 1. The number of nitrogens with zero attached hydrogens (tertiary/aromatic N) is 1. The number of ether oxygens (including phenoxy) is 1. The molecule has 6 heteroatoms. The summed E-state index contributed by atoms with van der Waals surface area (Å²) in [6.45, 7) is 5.77. The SMILES string of the molecule is COc1cncc(C2=CCC3C4CCc5cc(C(=O)NCC(C)(C)C(=O)O)ccc5C4CC[C@]23C)c1. The number of carboxylic acids is 1. The van der Waals surface area contributed by atoms with E-state index in [-0.39, 0.29) is 17.9 Å². The summed E-state index contributed by atoms with van der Waals surface area (Å²) in [5, 5.41) is 12.1. The zero-order valence-electron chi connectivity index (χ0n) is 21.6. The third kappa shape index (κ3) is 4.10. The Hall–Kier alpha value is -3.15. The highest BCUT2D eigenvalue weighted by atomic mass is 16.5. The monoisotopic (exact) mass is 488 g/mol. The Morgan fingerprint density at radius 3 is 2.78 bits per heavy atom. The number of aromatic nitrogens is 1. The van der Waals surface area contributed by atoms with Gasteiger partial charge in [0.05, 0.1) is 18.7 Å². The molecule has 0 spiro atoms. The molecular weight excluding hydrogens is 452 g/mol. The average molecular weight is 489 g/mol. The summed E-state index contributed by atoms with van der Waals surface area (Å²) >= 11 is 0. The number of nitrogens with one attached hydrogen (secondary N) is 1. The van der Waals surface area contributed by atoms with E-state index in [0.29, 0.717) is 23.3 Å². The predicted octanol–water partition coefficient (Wildman–Crippen LogP) is 5.48. The second kappa shape index (κ2) is 9.06. The molecule has 1 aromatic carbocycles. The molecule has 36 heavy (non-hydrogen) atoms. The summed E-state index contributed by atoms with van der Waals surface area (Å²) in [6.07, 6.45) is 11.6. The number of carboxylic acid groups (broad SMARTS) is 1. The molecule has 1 heterocycles. The fraction of sp³-hybridized carbons (Fsp3) is 0.500. The Bertz CT molecular complexity index is 1230. The molecule has 1 saturated carbocycles. The Labute approximate surface area is 213 Å². The highest BCUT2D eigenvalue weighted by Crippen LogP contribution is 2.63. The maximum atomic E-state index is 12.8. The minimum Gasteiger partial charge on any atom is -0.495 e. The third-order valence-electron chi connectivity index (χ3n) is 9.10. The molecule has 190 valence electrons. The van der Waals surface area contributed by atoms with Gasteiger partial charge in [-0.05, 0) is 110 Å². The van der Waals surface area contributed by atoms with Crippen LogP contribution in [0, 0.1) is 22.7 Å². The van der Waals surface area contributed by atoms with Crippen molar-refractivity contribution in [2.75, 3.05) is 13.7 Å². The lowest BCUT2D eigenvalue weighted by Gasteiger charge is -2.50. The third-order valence-corrected chi connectivity index (χ3v) is 9.10. The van der Waals surface area contributed by atoms with Crippen LogP contribution in [0.2, 0.25) is 0 Å². The molecule has 1 amide bonds. The van der Waals surface area contributed by atoms with Crippen molar-refractivity contribution in [3.8, 4) is 5.75 Å². The summed E-state index contributed by atoms with van der Waals surface area (Å²) in [4.78, 5) is 28.5. The summed E-state index contributed by atoms with van der Waals surface area (Å²) < 4.78 is 5.43. The van der Waals surface area contributed by atoms with Crippen LogP contribution >= 0.6 is 0 Å². The number of amides is 1. The Morgan fingerprint density at radius 2 is 2.03 bits per heavy atom. The minimum absolute atomic E-state index is 0.0986. The van der Waals surface area contributed by atoms with Crippen molar-refractivity contribution in [2.45, 2.75) is 58.8 Å². The maximum Gasteiger partial charge on any atom is 0.310 e. The van der Waals surface area contributed by atoms with Crippen molar-refractivity contribution in [3.63, 3.8) is 0 Å².